The molecule has 738 valence electrons. The largest absolute Gasteiger partial charge is 0.493 e. The summed E-state index contributed by atoms with van der Waals surface area (Å²) in [6.07, 6.45) is 13.6. The number of pyridine rings is 6. The Bertz CT molecular complexity index is 6670. The van der Waals surface area contributed by atoms with Crippen LogP contribution in [0.2, 0.25) is 0 Å². The minimum absolute atomic E-state index is 0.0478. The Morgan fingerprint density at radius 1 is 0.266 bits per heavy atom. The van der Waals surface area contributed by atoms with Gasteiger partial charge in [-0.15, -0.1) is 0 Å². The summed E-state index contributed by atoms with van der Waals surface area (Å²) in [5, 5.41) is 19.1. The van der Waals surface area contributed by atoms with Crippen molar-refractivity contribution < 1.29 is 90.3 Å². The molecule has 5 aliphatic rings. The average Bonchev–Trinajstić information content (AvgIpc) is 1.78. The molecule has 30 heteroatoms. The number of fused-ring (bicyclic) bond motifs is 5. The maximum absolute atomic E-state index is 11.6. The summed E-state index contributed by atoms with van der Waals surface area (Å²) >= 11 is 0. The van der Waals surface area contributed by atoms with Gasteiger partial charge < -0.3 is 92.9 Å². The molecule has 143 heavy (non-hydrogen) atoms. The number of carbonyl (C=O) groups is 5. The third kappa shape index (κ3) is 23.9. The van der Waals surface area contributed by atoms with Gasteiger partial charge in [-0.25, -0.2) is 0 Å². The van der Waals surface area contributed by atoms with Crippen LogP contribution in [0.3, 0.4) is 0 Å². The zero-order chi connectivity index (χ0) is 100. The number of amides is 5. The fourth-order valence-electron chi connectivity index (χ4n) is 18.1. The van der Waals surface area contributed by atoms with Gasteiger partial charge in [0.25, 0.3) is 0 Å². The molecular formula is C113H117N11O19. The molecule has 9 aromatic carbocycles. The fraction of sp³-hybridized carbons (Fsp3) is 0.301. The second-order valence-corrected chi connectivity index (χ2v) is 35.4. The zero-order valence-corrected chi connectivity index (χ0v) is 82.2. The zero-order valence-electron chi connectivity index (χ0n) is 82.2. The number of aromatic nitrogens is 6. The molecule has 6 aromatic heterocycles. The van der Waals surface area contributed by atoms with Gasteiger partial charge in [0, 0.05) is 164 Å². The molecule has 5 saturated heterocycles. The maximum Gasteiger partial charge on any atom is 0.220 e. The van der Waals surface area contributed by atoms with E-state index >= 15 is 0 Å². The van der Waals surface area contributed by atoms with Crippen LogP contribution in [0.15, 0.2) is 243 Å². The number of ether oxygens (including phenoxy) is 14. The van der Waals surface area contributed by atoms with E-state index in [1.165, 1.54) is 0 Å². The average molecular weight is 1930 g/mol. The van der Waals surface area contributed by atoms with Crippen molar-refractivity contribution in [1.82, 2.24) is 56.5 Å². The first-order valence-electron chi connectivity index (χ1n) is 47.6. The van der Waals surface area contributed by atoms with E-state index in [9.17, 15) is 24.0 Å². The number of benzene rings is 9. The normalized spacial score (nSPS) is 17.0. The fourth-order valence-corrected chi connectivity index (χ4v) is 18.1. The third-order valence-electron chi connectivity index (χ3n) is 26.3. The van der Waals surface area contributed by atoms with Gasteiger partial charge in [0.2, 0.25) is 46.8 Å². The molecule has 1 unspecified atom stereocenters. The molecule has 5 aliphatic heterocycles. The second-order valence-electron chi connectivity index (χ2n) is 35.4. The Labute approximate surface area is 829 Å². The van der Waals surface area contributed by atoms with E-state index in [0.717, 1.165) is 145 Å². The SMILES string of the molecule is COc1cc(-c2cc(OCC3CCC(=O)NC3)c3cccnc3c2)cc(OC)c1OC.COc1cc(-c2cc(O[C@H](C)[C@H]3CNC(=O)C3)c3cccnc3c2)cc(OC)c1OC.COc1cc(-c2cc(O[C@H](C)[C@H]3CNC(=O)C3)c3cccnc3c2)cc(OC)c1OC.C[C@@H](Oc1cc(-c2ccccc2)cc2ncccc12)[C@H]1CNC(=O)C1.C[C@@H](Oc1cc(-c2ccccn2)cc2ncccc12)[C@H]1CNC(=O)C1. The van der Waals surface area contributed by atoms with E-state index in [1.807, 2.05) is 210 Å². The lowest BCUT2D eigenvalue weighted by Gasteiger charge is -2.23. The molecule has 15 aromatic rings. The van der Waals surface area contributed by atoms with Gasteiger partial charge in [0.15, 0.2) is 34.5 Å². The molecule has 9 atom stereocenters. The summed E-state index contributed by atoms with van der Waals surface area (Å²) in [6, 6.07) is 67.2. The minimum Gasteiger partial charge on any atom is -0.493 e. The summed E-state index contributed by atoms with van der Waals surface area (Å²) in [5.41, 5.74) is 13.7. The van der Waals surface area contributed by atoms with E-state index in [4.69, 9.17) is 66.3 Å². The number of piperidine rings is 1. The molecule has 5 N–H and O–H groups in total. The number of hydrogen-bond acceptors (Lipinski definition) is 25. The van der Waals surface area contributed by atoms with Crippen molar-refractivity contribution in [2.24, 2.45) is 29.6 Å². The standard InChI is InChI=1S/3C24H26N2O5.C21H20N2O2.C20H19N3O2/c2*1-14(17-12-23(27)26-13-17)31-20-9-15(8-19-18(20)6-5-7-25-19)16-10-21(28-2)24(30-4)22(11-16)29-3;1-28-21-11-17(12-22(29-2)24(21)30-3)16-9-19-18(5-4-8-25-19)20(10-16)31-14-15-6-7-23(27)26-13-15;1-14(17-12-21(24)23-13-17)25-20-11-16(15-6-3-2-4-7-15)10-19-18(20)8-5-9-22-19;1-13(15-11-20(24)23-12-15)25-19-10-14(17-6-2-3-7-21-17)9-18-16(19)5-4-8-22-18/h2*5-11,14,17H,12-13H2,1-4H3,(H,26,27);4-5,8-12,15H,6-7,13-14H2,1-3H3,(H,26,27);2-11,14,17H,12-13H2,1H3,(H,23,24);2-10,13,15H,11-12H2,1H3,(H,23,24)/t2*14-,17-;;14-,17-;13-,15-/m11.11/s1. The van der Waals surface area contributed by atoms with Crippen LogP contribution in [0.5, 0.6) is 80.5 Å². The quantitative estimate of drug-likeness (QED) is 0.0291. The van der Waals surface area contributed by atoms with Crippen LogP contribution in [0.1, 0.15) is 66.2 Å². The predicted octanol–water partition coefficient (Wildman–Crippen LogP) is 18.5. The molecule has 0 spiro atoms. The van der Waals surface area contributed by atoms with Crippen LogP contribution in [0, 0.1) is 29.6 Å². The van der Waals surface area contributed by atoms with E-state index in [0.29, 0.717) is 123 Å². The molecular weight excluding hydrogens is 1820 g/mol. The Balaban J connectivity index is 0.000000129. The molecule has 0 bridgehead atoms. The van der Waals surface area contributed by atoms with Gasteiger partial charge in [-0.05, 0) is 248 Å². The van der Waals surface area contributed by atoms with E-state index in [-0.39, 0.29) is 83.5 Å². The molecule has 20 rings (SSSR count). The summed E-state index contributed by atoms with van der Waals surface area (Å²) < 4.78 is 80.9. The van der Waals surface area contributed by atoms with Crippen molar-refractivity contribution in [3.05, 3.63) is 243 Å². The van der Waals surface area contributed by atoms with Crippen molar-refractivity contribution in [2.45, 2.75) is 90.6 Å². The van der Waals surface area contributed by atoms with Crippen molar-refractivity contribution in [3.8, 4) is 136 Å². The number of nitrogens with one attached hydrogen (secondary N) is 5. The van der Waals surface area contributed by atoms with Crippen LogP contribution in [0.4, 0.5) is 0 Å². The molecule has 5 amide bonds. The van der Waals surface area contributed by atoms with Crippen molar-refractivity contribution in [1.29, 1.82) is 0 Å². The number of rotatable bonds is 29. The number of carbonyl (C=O) groups excluding carboxylic acids is 5. The highest BCUT2D eigenvalue weighted by Gasteiger charge is 2.34. The van der Waals surface area contributed by atoms with Gasteiger partial charge in [-0.1, -0.05) is 36.4 Å². The first-order valence-corrected chi connectivity index (χ1v) is 47.6. The molecule has 0 radical (unpaired) electrons. The van der Waals surface area contributed by atoms with Gasteiger partial charge in [0.1, 0.15) is 53.2 Å². The first-order chi connectivity index (χ1) is 69.6. The third-order valence-corrected chi connectivity index (χ3v) is 26.3. The van der Waals surface area contributed by atoms with Crippen molar-refractivity contribution >= 4 is 84.1 Å². The van der Waals surface area contributed by atoms with E-state index in [2.05, 4.69) is 80.8 Å². The molecule has 0 saturated carbocycles. The smallest absolute Gasteiger partial charge is 0.220 e. The Kier molecular flexibility index (Phi) is 32.5. The lowest BCUT2D eigenvalue weighted by molar-refractivity contribution is -0.123. The van der Waals surface area contributed by atoms with Gasteiger partial charge in [-0.2, -0.15) is 0 Å². The summed E-state index contributed by atoms with van der Waals surface area (Å²) in [4.78, 5) is 84.6. The topological polar surface area (TPSA) is 352 Å². The monoisotopic (exact) mass is 1930 g/mol. The van der Waals surface area contributed by atoms with Crippen LogP contribution < -0.4 is 92.9 Å². The summed E-state index contributed by atoms with van der Waals surface area (Å²) in [6.45, 7) is 11.8. The molecule has 30 nitrogen and oxygen atoms in total. The number of methoxy groups -OCH3 is 9. The second kappa shape index (κ2) is 46.7. The highest BCUT2D eigenvalue weighted by molar-refractivity contribution is 5.96. The van der Waals surface area contributed by atoms with Crippen LogP contribution >= 0.6 is 0 Å². The molecule has 0 aliphatic carbocycles. The summed E-state index contributed by atoms with van der Waals surface area (Å²) in [7, 11) is 14.3. The molecule has 11 heterocycles. The predicted molar refractivity (Wildman–Crippen MR) is 549 cm³/mol. The van der Waals surface area contributed by atoms with Gasteiger partial charge in [-0.3, -0.25) is 53.9 Å². The first kappa shape index (κ1) is 99.7. The summed E-state index contributed by atoms with van der Waals surface area (Å²) in [5.74, 6) is 10.2. The maximum atomic E-state index is 11.6. The van der Waals surface area contributed by atoms with Crippen LogP contribution in [0.25, 0.3) is 110 Å². The Hall–Kier alpha value is -16.3. The van der Waals surface area contributed by atoms with Crippen LogP contribution in [-0.2, 0) is 24.0 Å². The number of nitrogens with zero attached hydrogens (tertiary/aromatic N) is 6. The lowest BCUT2D eigenvalue weighted by atomic mass is 10.00. The van der Waals surface area contributed by atoms with Crippen LogP contribution in [-0.4, -0.2) is 187 Å². The van der Waals surface area contributed by atoms with E-state index in [1.54, 1.807) is 101 Å². The van der Waals surface area contributed by atoms with Crippen molar-refractivity contribution in [3.63, 3.8) is 0 Å². The molecule has 5 fully saturated rings. The Morgan fingerprint density at radius 3 is 0.811 bits per heavy atom. The van der Waals surface area contributed by atoms with E-state index < -0.39 is 0 Å². The minimum atomic E-state index is -0.127. The Morgan fingerprint density at radius 2 is 0.531 bits per heavy atom. The number of hydrogen-bond donors (Lipinski definition) is 5. The highest BCUT2D eigenvalue weighted by atomic mass is 16.6. The highest BCUT2D eigenvalue weighted by Crippen LogP contribution is 2.48. The van der Waals surface area contributed by atoms with Crippen molar-refractivity contribution in [2.75, 3.05) is 103 Å². The van der Waals surface area contributed by atoms with Gasteiger partial charge >= 0.3 is 0 Å². The van der Waals surface area contributed by atoms with Gasteiger partial charge in [0.05, 0.1) is 104 Å². The lowest BCUT2D eigenvalue weighted by Crippen LogP contribution is -2.37.